The molecule has 0 aliphatic rings. The molecule has 1 atom stereocenters. The van der Waals surface area contributed by atoms with Crippen molar-refractivity contribution in [2.24, 2.45) is 0 Å². The highest BCUT2D eigenvalue weighted by atomic mass is 19.1. The first-order valence-electron chi connectivity index (χ1n) is 11.7. The maximum atomic E-state index is 13.7. The predicted octanol–water partition coefficient (Wildman–Crippen LogP) is 6.53. The second kappa shape index (κ2) is 10.0. The molecule has 4 rings (SSSR count). The molecule has 0 saturated heterocycles. The summed E-state index contributed by atoms with van der Waals surface area (Å²) in [5, 5.41) is 1.13. The number of nitrogens with zero attached hydrogens (tertiary/aromatic N) is 2. The van der Waals surface area contributed by atoms with Crippen LogP contribution in [-0.2, 0) is 11.3 Å². The summed E-state index contributed by atoms with van der Waals surface area (Å²) >= 11 is 0. The molecule has 0 bridgehead atoms. The van der Waals surface area contributed by atoms with Gasteiger partial charge in [0.1, 0.15) is 5.82 Å². The summed E-state index contributed by atoms with van der Waals surface area (Å²) in [4.78, 5) is 15.0. The number of benzene rings is 3. The van der Waals surface area contributed by atoms with Crippen molar-refractivity contribution in [1.29, 1.82) is 0 Å². The number of hydrogen-bond donors (Lipinski definition) is 0. The molecule has 3 aromatic carbocycles. The number of rotatable bonds is 8. The summed E-state index contributed by atoms with van der Waals surface area (Å²) < 4.78 is 16.0. The van der Waals surface area contributed by atoms with Crippen molar-refractivity contribution >= 4 is 16.8 Å². The molecule has 0 spiro atoms. The summed E-state index contributed by atoms with van der Waals surface area (Å²) in [5.74, 6) is -0.304. The zero-order valence-corrected chi connectivity index (χ0v) is 19.6. The lowest BCUT2D eigenvalue weighted by molar-refractivity contribution is -0.131. The van der Waals surface area contributed by atoms with E-state index in [0.717, 1.165) is 28.6 Å². The van der Waals surface area contributed by atoms with E-state index in [1.807, 2.05) is 43.0 Å². The Balaban J connectivity index is 1.79. The minimum absolute atomic E-state index is 0.115. The Morgan fingerprint density at radius 2 is 1.61 bits per heavy atom. The molecule has 1 aromatic heterocycles. The highest BCUT2D eigenvalue weighted by Gasteiger charge is 2.24. The van der Waals surface area contributed by atoms with Crippen molar-refractivity contribution in [3.8, 4) is 0 Å². The quantitative estimate of drug-likeness (QED) is 0.305. The van der Waals surface area contributed by atoms with Gasteiger partial charge in [-0.15, -0.1) is 0 Å². The zero-order chi connectivity index (χ0) is 23.4. The topological polar surface area (TPSA) is 25.2 Å². The zero-order valence-electron chi connectivity index (χ0n) is 19.6. The lowest BCUT2D eigenvalue weighted by atomic mass is 9.87. The van der Waals surface area contributed by atoms with Crippen LogP contribution >= 0.6 is 0 Å². The van der Waals surface area contributed by atoms with Gasteiger partial charge in [0.05, 0.1) is 0 Å². The first-order valence-corrected chi connectivity index (χ1v) is 11.7. The van der Waals surface area contributed by atoms with E-state index in [0.29, 0.717) is 19.5 Å². The van der Waals surface area contributed by atoms with Crippen LogP contribution in [0.1, 0.15) is 48.4 Å². The molecule has 0 aliphatic carbocycles. The molecule has 0 aliphatic heterocycles. The van der Waals surface area contributed by atoms with Crippen LogP contribution in [0.15, 0.2) is 79.0 Å². The van der Waals surface area contributed by atoms with Crippen LogP contribution < -0.4 is 0 Å². The number of fused-ring (bicyclic) bond motifs is 1. The number of carbonyl (C=O) groups is 1. The average Bonchev–Trinajstić information content (AvgIpc) is 3.18. The van der Waals surface area contributed by atoms with E-state index in [4.69, 9.17) is 0 Å². The van der Waals surface area contributed by atoms with Gasteiger partial charge in [0, 0.05) is 49.1 Å². The fraction of sp³-hybridized carbons (Fsp3) is 0.276. The van der Waals surface area contributed by atoms with E-state index < -0.39 is 0 Å². The van der Waals surface area contributed by atoms with Crippen LogP contribution in [0.4, 0.5) is 4.39 Å². The Hall–Kier alpha value is -3.40. The van der Waals surface area contributed by atoms with Gasteiger partial charge < -0.3 is 9.47 Å². The fourth-order valence-electron chi connectivity index (χ4n) is 4.56. The third kappa shape index (κ3) is 5.00. The molecule has 4 heteroatoms. The molecular formula is C29H31FN2O. The van der Waals surface area contributed by atoms with E-state index >= 15 is 0 Å². The summed E-state index contributed by atoms with van der Waals surface area (Å²) in [6.07, 6.45) is 2.53. The van der Waals surface area contributed by atoms with Crippen molar-refractivity contribution in [1.82, 2.24) is 9.47 Å². The molecule has 33 heavy (non-hydrogen) atoms. The monoisotopic (exact) mass is 442 g/mol. The van der Waals surface area contributed by atoms with Crippen molar-refractivity contribution in [3.63, 3.8) is 0 Å². The van der Waals surface area contributed by atoms with Gasteiger partial charge in [-0.25, -0.2) is 4.39 Å². The van der Waals surface area contributed by atoms with Gasteiger partial charge in [0.15, 0.2) is 0 Å². The minimum Gasteiger partial charge on any atom is -0.343 e. The summed E-state index contributed by atoms with van der Waals surface area (Å²) in [6, 6.07) is 23.5. The first-order chi connectivity index (χ1) is 16.0. The molecule has 0 N–H and O–H groups in total. The average molecular weight is 443 g/mol. The maximum absolute atomic E-state index is 13.7. The molecule has 0 radical (unpaired) electrons. The third-order valence-corrected chi connectivity index (χ3v) is 6.44. The number of amides is 1. The molecule has 4 aromatic rings. The largest absolute Gasteiger partial charge is 0.343 e. The Kier molecular flexibility index (Phi) is 6.93. The van der Waals surface area contributed by atoms with Crippen LogP contribution in [0.2, 0.25) is 0 Å². The lowest BCUT2D eigenvalue weighted by Gasteiger charge is -2.23. The molecule has 1 heterocycles. The molecule has 170 valence electrons. The van der Waals surface area contributed by atoms with E-state index in [2.05, 4.69) is 54.1 Å². The van der Waals surface area contributed by atoms with Crippen LogP contribution in [0, 0.1) is 12.7 Å². The van der Waals surface area contributed by atoms with Crippen LogP contribution in [0.5, 0.6) is 0 Å². The van der Waals surface area contributed by atoms with Crippen molar-refractivity contribution in [2.75, 3.05) is 13.1 Å². The molecule has 1 unspecified atom stereocenters. The van der Waals surface area contributed by atoms with Crippen molar-refractivity contribution < 1.29 is 9.18 Å². The number of para-hydroxylation sites is 1. The highest BCUT2D eigenvalue weighted by Crippen LogP contribution is 2.35. The maximum Gasteiger partial charge on any atom is 0.223 e. The Bertz CT molecular complexity index is 1220. The van der Waals surface area contributed by atoms with E-state index in [-0.39, 0.29) is 17.6 Å². The smallest absolute Gasteiger partial charge is 0.223 e. The molecule has 1 amide bonds. The van der Waals surface area contributed by atoms with Crippen LogP contribution in [0.3, 0.4) is 0 Å². The van der Waals surface area contributed by atoms with Gasteiger partial charge in [-0.2, -0.15) is 0 Å². The van der Waals surface area contributed by atoms with E-state index in [9.17, 15) is 9.18 Å². The number of aromatic nitrogens is 1. The van der Waals surface area contributed by atoms with Gasteiger partial charge in [-0.05, 0) is 55.7 Å². The molecule has 0 saturated carbocycles. The highest BCUT2D eigenvalue weighted by molar-refractivity contribution is 5.86. The Morgan fingerprint density at radius 1 is 0.939 bits per heavy atom. The van der Waals surface area contributed by atoms with Crippen LogP contribution in [0.25, 0.3) is 10.9 Å². The van der Waals surface area contributed by atoms with E-state index in [1.54, 1.807) is 0 Å². The molecule has 3 nitrogen and oxygen atoms in total. The number of aryl methyl sites for hydroxylation is 1. The Morgan fingerprint density at radius 3 is 2.27 bits per heavy atom. The second-order valence-corrected chi connectivity index (χ2v) is 8.59. The van der Waals surface area contributed by atoms with Gasteiger partial charge in [-0.3, -0.25) is 4.79 Å². The molecule has 0 fully saturated rings. The summed E-state index contributed by atoms with van der Waals surface area (Å²) in [6.45, 7) is 8.21. The third-order valence-electron chi connectivity index (χ3n) is 6.44. The standard InChI is InChI=1S/C29H31FN2O/c1-4-31(5-2)29(33)18-26(23-14-16-24(30)17-15-23)27-20-32(28-9-7-6-8-25(27)28)19-22-12-10-21(3)11-13-22/h6-17,20,26H,4-5,18-19H2,1-3H3. The number of halogens is 1. The van der Waals surface area contributed by atoms with Gasteiger partial charge in [0.25, 0.3) is 0 Å². The van der Waals surface area contributed by atoms with Gasteiger partial charge in [0.2, 0.25) is 5.91 Å². The Labute approximate surface area is 195 Å². The van der Waals surface area contributed by atoms with Crippen LogP contribution in [-0.4, -0.2) is 28.5 Å². The fourth-order valence-corrected chi connectivity index (χ4v) is 4.56. The number of carbonyl (C=O) groups excluding carboxylic acids is 1. The summed E-state index contributed by atoms with van der Waals surface area (Å²) in [7, 11) is 0. The van der Waals surface area contributed by atoms with Gasteiger partial charge in [-0.1, -0.05) is 60.2 Å². The second-order valence-electron chi connectivity index (χ2n) is 8.59. The van der Waals surface area contributed by atoms with Crippen molar-refractivity contribution in [2.45, 2.75) is 39.7 Å². The predicted molar refractivity (Wildman–Crippen MR) is 133 cm³/mol. The lowest BCUT2D eigenvalue weighted by Crippen LogP contribution is -2.31. The number of hydrogen-bond acceptors (Lipinski definition) is 1. The summed E-state index contributed by atoms with van der Waals surface area (Å²) in [5.41, 5.74) is 5.66. The normalized spacial score (nSPS) is 12.1. The van der Waals surface area contributed by atoms with Crippen molar-refractivity contribution in [3.05, 3.63) is 107 Å². The minimum atomic E-state index is -0.269. The van der Waals surface area contributed by atoms with Gasteiger partial charge >= 0.3 is 0 Å². The van der Waals surface area contributed by atoms with E-state index in [1.165, 1.54) is 23.3 Å². The molecular weight excluding hydrogens is 411 g/mol. The first kappa shape index (κ1) is 22.8. The SMILES string of the molecule is CCN(CC)C(=O)CC(c1ccc(F)cc1)c1cn(Cc2ccc(C)cc2)c2ccccc12.